The number of pyridine rings is 1. The maximum absolute atomic E-state index is 12.2. The monoisotopic (exact) mass is 367 g/mol. The van der Waals surface area contributed by atoms with Crippen molar-refractivity contribution < 1.29 is 9.59 Å². The van der Waals surface area contributed by atoms with Crippen LogP contribution in [0.3, 0.4) is 0 Å². The highest BCUT2D eigenvalue weighted by molar-refractivity contribution is 8.01. The SMILES string of the molecule is O=C(CC1Sc2ccccc2NC1=O)NCCc1nnc2ccccn12. The highest BCUT2D eigenvalue weighted by atomic mass is 32.2. The molecular formula is C18H17N5O2S. The largest absolute Gasteiger partial charge is 0.356 e. The van der Waals surface area contributed by atoms with Gasteiger partial charge in [0.1, 0.15) is 5.82 Å². The molecule has 0 saturated heterocycles. The number of hydrogen-bond acceptors (Lipinski definition) is 5. The number of aromatic nitrogens is 3. The predicted molar refractivity (Wildman–Crippen MR) is 99.0 cm³/mol. The zero-order valence-corrected chi connectivity index (χ0v) is 14.7. The second-order valence-electron chi connectivity index (χ2n) is 5.94. The first-order valence-electron chi connectivity index (χ1n) is 8.32. The lowest BCUT2D eigenvalue weighted by atomic mass is 10.2. The lowest BCUT2D eigenvalue weighted by molar-refractivity contribution is -0.124. The molecule has 0 fully saturated rings. The van der Waals surface area contributed by atoms with Crippen LogP contribution in [0.5, 0.6) is 0 Å². The van der Waals surface area contributed by atoms with Crippen molar-refractivity contribution in [2.24, 2.45) is 0 Å². The number of carbonyl (C=O) groups excluding carboxylic acids is 2. The van der Waals surface area contributed by atoms with Crippen molar-refractivity contribution in [1.29, 1.82) is 0 Å². The third-order valence-electron chi connectivity index (χ3n) is 4.13. The Morgan fingerprint density at radius 1 is 1.19 bits per heavy atom. The van der Waals surface area contributed by atoms with E-state index >= 15 is 0 Å². The Kier molecular flexibility index (Phi) is 4.57. The van der Waals surface area contributed by atoms with E-state index in [0.717, 1.165) is 22.1 Å². The lowest BCUT2D eigenvalue weighted by Crippen LogP contribution is -2.35. The fourth-order valence-corrected chi connectivity index (χ4v) is 3.95. The van der Waals surface area contributed by atoms with Crippen LogP contribution in [0.4, 0.5) is 5.69 Å². The molecule has 26 heavy (non-hydrogen) atoms. The van der Waals surface area contributed by atoms with Crippen LogP contribution in [-0.4, -0.2) is 38.2 Å². The van der Waals surface area contributed by atoms with Crippen molar-refractivity contribution >= 4 is 34.9 Å². The van der Waals surface area contributed by atoms with E-state index in [-0.39, 0.29) is 18.2 Å². The van der Waals surface area contributed by atoms with E-state index in [1.54, 1.807) is 0 Å². The number of amides is 2. The molecule has 132 valence electrons. The minimum Gasteiger partial charge on any atom is -0.356 e. The summed E-state index contributed by atoms with van der Waals surface area (Å²) in [5, 5.41) is 13.5. The van der Waals surface area contributed by atoms with Gasteiger partial charge < -0.3 is 10.6 Å². The molecule has 0 saturated carbocycles. The van der Waals surface area contributed by atoms with Crippen LogP contribution in [0.25, 0.3) is 5.65 Å². The fourth-order valence-electron chi connectivity index (χ4n) is 2.84. The molecule has 2 aromatic heterocycles. The molecule has 1 unspecified atom stereocenters. The molecule has 3 heterocycles. The average Bonchev–Trinajstić information content (AvgIpc) is 3.06. The van der Waals surface area contributed by atoms with E-state index in [4.69, 9.17) is 0 Å². The molecular weight excluding hydrogens is 350 g/mol. The molecule has 3 aromatic rings. The Balaban J connectivity index is 1.31. The molecule has 1 aliphatic heterocycles. The maximum Gasteiger partial charge on any atom is 0.238 e. The van der Waals surface area contributed by atoms with Crippen LogP contribution < -0.4 is 10.6 Å². The van der Waals surface area contributed by atoms with Crippen LogP contribution in [0.15, 0.2) is 53.6 Å². The van der Waals surface area contributed by atoms with Gasteiger partial charge in [-0.1, -0.05) is 18.2 Å². The van der Waals surface area contributed by atoms with Gasteiger partial charge in [0.2, 0.25) is 11.8 Å². The topological polar surface area (TPSA) is 88.4 Å². The van der Waals surface area contributed by atoms with Crippen LogP contribution in [0.2, 0.25) is 0 Å². The summed E-state index contributed by atoms with van der Waals surface area (Å²) in [6, 6.07) is 13.3. The first-order valence-corrected chi connectivity index (χ1v) is 9.20. The summed E-state index contributed by atoms with van der Waals surface area (Å²) in [4.78, 5) is 25.4. The zero-order chi connectivity index (χ0) is 17.9. The predicted octanol–water partition coefficient (Wildman–Crippen LogP) is 1.89. The summed E-state index contributed by atoms with van der Waals surface area (Å²) in [6.45, 7) is 0.449. The van der Waals surface area contributed by atoms with Crippen molar-refractivity contribution in [3.8, 4) is 0 Å². The molecule has 0 spiro atoms. The molecule has 7 nitrogen and oxygen atoms in total. The molecule has 4 rings (SSSR count). The number of thioether (sulfide) groups is 1. The van der Waals surface area contributed by atoms with Gasteiger partial charge in [0, 0.05) is 30.5 Å². The molecule has 0 bridgehead atoms. The third-order valence-corrected chi connectivity index (χ3v) is 5.41. The van der Waals surface area contributed by atoms with Gasteiger partial charge in [-0.2, -0.15) is 0 Å². The summed E-state index contributed by atoms with van der Waals surface area (Å²) in [5.41, 5.74) is 1.58. The van der Waals surface area contributed by atoms with Gasteiger partial charge in [-0.3, -0.25) is 14.0 Å². The summed E-state index contributed by atoms with van der Waals surface area (Å²) in [5.74, 6) is 0.512. The average molecular weight is 367 g/mol. The Morgan fingerprint density at radius 2 is 2.04 bits per heavy atom. The summed E-state index contributed by atoms with van der Waals surface area (Å²) >= 11 is 1.43. The van der Waals surface area contributed by atoms with Crippen LogP contribution >= 0.6 is 11.8 Å². The highest BCUT2D eigenvalue weighted by Gasteiger charge is 2.28. The van der Waals surface area contributed by atoms with Crippen LogP contribution in [0.1, 0.15) is 12.2 Å². The van der Waals surface area contributed by atoms with Gasteiger partial charge in [0.05, 0.1) is 10.9 Å². The maximum atomic E-state index is 12.2. The number of fused-ring (bicyclic) bond motifs is 2. The first-order chi connectivity index (χ1) is 12.7. The van der Waals surface area contributed by atoms with E-state index in [2.05, 4.69) is 20.8 Å². The standard InChI is InChI=1S/C18H17N5O2S/c24-17(11-14-18(25)20-12-5-1-2-6-13(12)26-14)19-9-8-16-22-21-15-7-3-4-10-23(15)16/h1-7,10,14H,8-9,11H2,(H,19,24)(H,20,25). The van der Waals surface area contributed by atoms with Gasteiger partial charge in [-0.25, -0.2) is 0 Å². The minimum atomic E-state index is -0.418. The molecule has 1 aromatic carbocycles. The Labute approximate surface area is 154 Å². The second kappa shape index (κ2) is 7.17. The Hall–Kier alpha value is -2.87. The molecule has 1 atom stereocenters. The van der Waals surface area contributed by atoms with Gasteiger partial charge in [-0.05, 0) is 24.3 Å². The first kappa shape index (κ1) is 16.6. The number of nitrogens with zero attached hydrogens (tertiary/aromatic N) is 3. The summed E-state index contributed by atoms with van der Waals surface area (Å²) in [7, 11) is 0. The number of hydrogen-bond donors (Lipinski definition) is 2. The lowest BCUT2D eigenvalue weighted by Gasteiger charge is -2.23. The zero-order valence-electron chi connectivity index (χ0n) is 13.9. The Morgan fingerprint density at radius 3 is 2.96 bits per heavy atom. The molecule has 8 heteroatoms. The normalized spacial score (nSPS) is 16.2. The van der Waals surface area contributed by atoms with Crippen LogP contribution in [-0.2, 0) is 16.0 Å². The van der Waals surface area contributed by atoms with E-state index in [0.29, 0.717) is 13.0 Å². The number of benzene rings is 1. The van der Waals surface area contributed by atoms with E-state index in [1.165, 1.54) is 11.8 Å². The number of nitrogens with one attached hydrogen (secondary N) is 2. The molecule has 1 aliphatic rings. The van der Waals surface area contributed by atoms with Gasteiger partial charge in [0.25, 0.3) is 0 Å². The van der Waals surface area contributed by atoms with Gasteiger partial charge in [0.15, 0.2) is 5.65 Å². The highest BCUT2D eigenvalue weighted by Crippen LogP contribution is 2.36. The third kappa shape index (κ3) is 3.41. The van der Waals surface area contributed by atoms with Crippen molar-refractivity contribution in [2.45, 2.75) is 23.0 Å². The van der Waals surface area contributed by atoms with Gasteiger partial charge in [-0.15, -0.1) is 22.0 Å². The van der Waals surface area contributed by atoms with E-state index in [1.807, 2.05) is 53.1 Å². The van der Waals surface area contributed by atoms with Crippen molar-refractivity contribution in [1.82, 2.24) is 19.9 Å². The second-order valence-corrected chi connectivity index (χ2v) is 7.19. The van der Waals surface area contributed by atoms with E-state index < -0.39 is 5.25 Å². The molecule has 0 radical (unpaired) electrons. The van der Waals surface area contributed by atoms with Crippen molar-refractivity contribution in [2.75, 3.05) is 11.9 Å². The number of para-hydroxylation sites is 1. The number of rotatable bonds is 5. The fraction of sp³-hybridized carbons (Fsp3) is 0.222. The summed E-state index contributed by atoms with van der Waals surface area (Å²) < 4.78 is 1.90. The van der Waals surface area contributed by atoms with Gasteiger partial charge >= 0.3 is 0 Å². The van der Waals surface area contributed by atoms with E-state index in [9.17, 15) is 9.59 Å². The summed E-state index contributed by atoms with van der Waals surface area (Å²) in [6.07, 6.45) is 2.61. The Bertz CT molecular complexity index is 971. The quantitative estimate of drug-likeness (QED) is 0.719. The van der Waals surface area contributed by atoms with Crippen LogP contribution in [0, 0.1) is 0 Å². The minimum absolute atomic E-state index is 0.132. The number of carbonyl (C=O) groups is 2. The van der Waals surface area contributed by atoms with Crippen molar-refractivity contribution in [3.05, 3.63) is 54.5 Å². The molecule has 2 N–H and O–H groups in total. The molecule has 0 aliphatic carbocycles. The smallest absolute Gasteiger partial charge is 0.238 e. The number of anilines is 1. The molecule has 2 amide bonds. The van der Waals surface area contributed by atoms with Crippen molar-refractivity contribution in [3.63, 3.8) is 0 Å².